The summed E-state index contributed by atoms with van der Waals surface area (Å²) < 4.78 is 37.0. The van der Waals surface area contributed by atoms with Gasteiger partial charge >= 0.3 is 18.1 Å². The van der Waals surface area contributed by atoms with Gasteiger partial charge in [-0.05, 0) is 278 Å². The van der Waals surface area contributed by atoms with E-state index in [1.54, 1.807) is 0 Å². The van der Waals surface area contributed by atoms with Crippen LogP contribution in [0.3, 0.4) is 0 Å². The third kappa shape index (κ3) is 34.9. The minimum absolute atomic E-state index is 0. The molecular weight excluding hydrogens is 1770 g/mol. The van der Waals surface area contributed by atoms with Gasteiger partial charge in [0.2, 0.25) is 0 Å². The van der Waals surface area contributed by atoms with Crippen molar-refractivity contribution in [2.24, 2.45) is 82.9 Å². The van der Waals surface area contributed by atoms with E-state index in [9.17, 15) is 14.8 Å². The van der Waals surface area contributed by atoms with Crippen LogP contribution in [0, 0.1) is 82.9 Å². The SMILES string of the molecule is C.C.C.C.C.C.CC1CCC(Cc2ccc(C(=O)O[C@H](c3ccccc3)[C@H](OC(=O)c3ccc(CC4CCC(C)CC4)cc3)c3ccccc3)cc2)CC1.CC1CCC(Cc2ccc(C=C[C@@H]3CO[C@H]4[C@@H]3OC[C@@H]4OOC/C=C/c3ccc(CC4CCC(C)CC4)cc3)cc2)CC1.CC1CCC(Cc2ccc(COO[C@H]3CO[C@H]4[C@@H]3OC[C@H]4C(OO)c3ccc(CC4CCC(C)CC4)cc3)cc2)CC1.O=C=O. The maximum atomic E-state index is 13.7. The molecule has 0 amide bonds. The minimum Gasteiger partial charge on any atom is -0.450 e. The van der Waals surface area contributed by atoms with E-state index in [0.717, 1.165) is 101 Å². The molecule has 4 saturated heterocycles. The summed E-state index contributed by atoms with van der Waals surface area (Å²) in [6.07, 6.45) is 44.5. The molecule has 0 radical (unpaired) electrons. The second-order valence-corrected chi connectivity index (χ2v) is 42.6. The lowest BCUT2D eigenvalue weighted by molar-refractivity contribution is -0.341. The fourth-order valence-corrected chi connectivity index (χ4v) is 22.9. The number of ether oxygens (including phenoxy) is 6. The molecule has 8 aromatic carbocycles. The van der Waals surface area contributed by atoms with Crippen molar-refractivity contribution in [3.05, 3.63) is 296 Å². The average Bonchev–Trinajstić information content (AvgIpc) is 1.62. The topological polar surface area (TPSA) is 190 Å². The van der Waals surface area contributed by atoms with E-state index < -0.39 is 30.3 Å². The minimum atomic E-state index is -0.845. The third-order valence-corrected chi connectivity index (χ3v) is 31.8. The number of hydrogen-bond acceptors (Lipinski definition) is 16. The first-order chi connectivity index (χ1) is 66.5. The van der Waals surface area contributed by atoms with Crippen molar-refractivity contribution in [1.29, 1.82) is 0 Å². The van der Waals surface area contributed by atoms with E-state index in [2.05, 4.69) is 181 Å². The molecule has 11 atom stereocenters. The van der Waals surface area contributed by atoms with Crippen LogP contribution in [0.1, 0.15) is 346 Å². The number of fused-ring (bicyclic) bond motifs is 2. The number of rotatable bonds is 33. The van der Waals surface area contributed by atoms with Gasteiger partial charge in [-0.2, -0.15) is 9.59 Å². The van der Waals surface area contributed by atoms with Crippen molar-refractivity contribution in [2.75, 3.05) is 33.0 Å². The zero-order valence-electron chi connectivity index (χ0n) is 81.7. The van der Waals surface area contributed by atoms with Gasteiger partial charge in [-0.3, -0.25) is 5.26 Å². The van der Waals surface area contributed by atoms with E-state index in [4.69, 9.17) is 62.4 Å². The average molecular weight is 1950 g/mol. The van der Waals surface area contributed by atoms with Gasteiger partial charge in [-0.1, -0.05) is 369 Å². The Bertz CT molecular complexity index is 4790. The zero-order valence-corrected chi connectivity index (χ0v) is 81.7. The van der Waals surface area contributed by atoms with E-state index in [0.29, 0.717) is 62.6 Å². The highest BCUT2D eigenvalue weighted by atomic mass is 17.2. The van der Waals surface area contributed by atoms with Gasteiger partial charge in [0.05, 0.1) is 49.8 Å². The van der Waals surface area contributed by atoms with Gasteiger partial charge in [-0.15, -0.1) is 0 Å². The summed E-state index contributed by atoms with van der Waals surface area (Å²) in [7, 11) is 0. The van der Waals surface area contributed by atoms with Crippen LogP contribution in [-0.4, -0.2) is 93.0 Å². The summed E-state index contributed by atoms with van der Waals surface area (Å²) in [6, 6.07) is 70.2. The number of carbonyl (C=O) groups is 2. The van der Waals surface area contributed by atoms with Gasteiger partial charge in [0.1, 0.15) is 43.7 Å². The second-order valence-electron chi connectivity index (χ2n) is 42.6. The molecule has 4 heterocycles. The Hall–Kier alpha value is -8.84. The highest BCUT2D eigenvalue weighted by molar-refractivity contribution is 5.90. The smallest absolute Gasteiger partial charge is 0.373 e. The van der Waals surface area contributed by atoms with Gasteiger partial charge in [0.15, 0.2) is 12.2 Å². The summed E-state index contributed by atoms with van der Waals surface area (Å²) in [6.45, 7) is 17.0. The summed E-state index contributed by atoms with van der Waals surface area (Å²) in [5.41, 5.74) is 15.1. The molecule has 10 fully saturated rings. The van der Waals surface area contributed by atoms with E-state index in [1.807, 2.05) is 91.0 Å². The van der Waals surface area contributed by atoms with Crippen molar-refractivity contribution < 1.29 is 77.3 Å². The Balaban J connectivity index is 0.000000230. The Kier molecular flexibility index (Phi) is 49.6. The maximum Gasteiger partial charge on any atom is 0.373 e. The third-order valence-electron chi connectivity index (χ3n) is 31.8. The van der Waals surface area contributed by atoms with E-state index in [1.165, 1.54) is 218 Å². The van der Waals surface area contributed by atoms with Crippen LogP contribution in [-0.2, 0) is 108 Å². The number of esters is 2. The Morgan fingerprint density at radius 3 is 0.993 bits per heavy atom. The van der Waals surface area contributed by atoms with Gasteiger partial charge in [0, 0.05) is 11.8 Å². The lowest BCUT2D eigenvalue weighted by atomic mass is 9.80. The highest BCUT2D eigenvalue weighted by Gasteiger charge is 2.53. The van der Waals surface area contributed by atoms with Crippen LogP contribution in [0.15, 0.2) is 218 Å². The lowest BCUT2D eigenvalue weighted by Gasteiger charge is -2.28. The molecule has 4 aliphatic heterocycles. The molecule has 1 unspecified atom stereocenters. The molecular formula is C126H176O16. The standard InChI is InChI=1S/C44H50O4.C39H52O4.C36H50O6.CO2.6CH4/c1-31-13-17-33(18-14-31)29-35-21-25-39(26-22-35)43(45)47-41(37-9-5-3-6-10-37)42(38-11-7-4-8-12-38)48-44(46)40-27-23-36(24-28-40)30-34-19-15-32(2)16-20-34;1-28-5-9-32(10-6-28)24-34-17-13-30(14-18-34)4-3-23-42-43-37-27-41-38-36(26-40-39(37)38)22-21-31-15-19-35(20-16-31)25-33-11-7-29(2)8-12-33;1-24-3-7-26(8-4-24)19-28-11-13-30(14-12-28)21-40-42-33-23-39-35-32(22-38-36(33)35)34(41-37)31-17-15-29(16-18-31)20-27-9-5-25(2)6-10-27;2-1-3;;;;;;/h3-12,21-28,31-34,41-42H,13-20,29-30H2,1-2H3;3-4,13-22,28-29,32-33,36-39H,5-12,23-27H2,1-2H3;11-18,24-27,32-37H,3-10,19-23H2,1-2H3;;6*1H4/b;4-3+,22-21?;;;;;;;;/t31?,32?,33?,34?,41-,42-;28?,29?,32?,33?,36-,37+,38-,39-;24?,25?,26?,27?,32-,33-,34?,35+,36+;;;;;;;/m110......./s1. The van der Waals surface area contributed by atoms with E-state index in [-0.39, 0.29) is 99.2 Å². The Labute approximate surface area is 854 Å². The Morgan fingerprint density at radius 2 is 0.634 bits per heavy atom. The van der Waals surface area contributed by atoms with Gasteiger partial charge < -0.3 is 28.4 Å². The molecule has 1 N–H and O–H groups in total. The second kappa shape index (κ2) is 60.3. The first kappa shape index (κ1) is 117. The van der Waals surface area contributed by atoms with E-state index >= 15 is 0 Å². The lowest BCUT2D eigenvalue weighted by Crippen LogP contribution is -2.33. The number of benzene rings is 8. The van der Waals surface area contributed by atoms with Crippen LogP contribution in [0.25, 0.3) is 12.2 Å². The van der Waals surface area contributed by atoms with Crippen LogP contribution in [0.2, 0.25) is 0 Å². The summed E-state index contributed by atoms with van der Waals surface area (Å²) >= 11 is 0. The number of hydrogen-bond donors (Lipinski definition) is 1. The van der Waals surface area contributed by atoms with Crippen LogP contribution in [0.4, 0.5) is 0 Å². The summed E-state index contributed by atoms with van der Waals surface area (Å²) in [5, 5.41) is 9.90. The summed E-state index contributed by atoms with van der Waals surface area (Å²) in [5.74, 6) is 9.19. The molecule has 0 bridgehead atoms. The van der Waals surface area contributed by atoms with Crippen LogP contribution in [0.5, 0.6) is 0 Å². The van der Waals surface area contributed by atoms with Crippen molar-refractivity contribution in [1.82, 2.24) is 0 Å². The molecule has 6 saturated carbocycles. The fourth-order valence-electron chi connectivity index (χ4n) is 22.9. The monoisotopic (exact) mass is 1950 g/mol. The van der Waals surface area contributed by atoms with Crippen molar-refractivity contribution in [2.45, 2.75) is 340 Å². The molecule has 0 aromatic heterocycles. The first-order valence-corrected chi connectivity index (χ1v) is 52.2. The molecule has 0 spiro atoms. The van der Waals surface area contributed by atoms with Gasteiger partial charge in [-0.25, -0.2) is 34.0 Å². The predicted octanol–water partition coefficient (Wildman–Crippen LogP) is 30.9. The van der Waals surface area contributed by atoms with Crippen LogP contribution >= 0.6 is 0 Å². The molecule has 776 valence electrons. The molecule has 18 rings (SSSR count). The molecule has 10 aliphatic rings. The molecule has 8 aromatic rings. The largest absolute Gasteiger partial charge is 0.450 e. The maximum absolute atomic E-state index is 13.7. The molecule has 142 heavy (non-hydrogen) atoms. The summed E-state index contributed by atoms with van der Waals surface area (Å²) in [4.78, 5) is 71.4. The van der Waals surface area contributed by atoms with Crippen molar-refractivity contribution in [3.8, 4) is 0 Å². The predicted molar refractivity (Wildman–Crippen MR) is 573 cm³/mol. The molecule has 6 aliphatic carbocycles. The first-order valence-electron chi connectivity index (χ1n) is 52.2. The van der Waals surface area contributed by atoms with Crippen molar-refractivity contribution in [3.63, 3.8) is 0 Å². The fraction of sp³-hybridized carbons (Fsp3) is 0.563. The zero-order chi connectivity index (χ0) is 94.3. The Morgan fingerprint density at radius 1 is 0.338 bits per heavy atom. The van der Waals surface area contributed by atoms with Crippen LogP contribution < -0.4 is 0 Å². The highest BCUT2D eigenvalue weighted by Crippen LogP contribution is 2.45. The molecule has 16 nitrogen and oxygen atoms in total. The molecule has 16 heteroatoms. The number of carbonyl (C=O) groups excluding carboxylic acids is 4. The van der Waals surface area contributed by atoms with Crippen molar-refractivity contribution >= 4 is 30.2 Å². The van der Waals surface area contributed by atoms with Gasteiger partial charge in [0.25, 0.3) is 0 Å². The quantitative estimate of drug-likeness (QED) is 0.0177. The normalized spacial score (nSPS) is 27.6.